The molecule has 3 nitrogen and oxygen atoms in total. The number of hydrogen-bond acceptors (Lipinski definition) is 2. The second kappa shape index (κ2) is 4.94. The molecule has 1 aromatic carbocycles. The maximum Gasteiger partial charge on any atom is 0.239 e. The Hall–Kier alpha value is -1.35. The molecule has 0 fully saturated rings. The van der Waals surface area contributed by atoms with Crippen molar-refractivity contribution in [3.05, 3.63) is 35.9 Å². The van der Waals surface area contributed by atoms with Gasteiger partial charge in [0, 0.05) is 20.0 Å². The summed E-state index contributed by atoms with van der Waals surface area (Å²) >= 11 is 0. The summed E-state index contributed by atoms with van der Waals surface area (Å²) in [6.07, 6.45) is 0. The van der Waals surface area contributed by atoms with Gasteiger partial charge in [0.1, 0.15) is 0 Å². The summed E-state index contributed by atoms with van der Waals surface area (Å²) in [4.78, 5) is 13.2. The molecular weight excluding hydrogens is 188 g/mol. The van der Waals surface area contributed by atoms with E-state index in [9.17, 15) is 4.79 Å². The Bertz CT molecular complexity index is 322. The fourth-order valence-electron chi connectivity index (χ4n) is 1.48. The quantitative estimate of drug-likeness (QED) is 0.808. The van der Waals surface area contributed by atoms with Gasteiger partial charge in [-0.15, -0.1) is 0 Å². The molecule has 0 aliphatic rings. The molecule has 0 spiro atoms. The minimum absolute atomic E-state index is 0.0358. The van der Waals surface area contributed by atoms with Gasteiger partial charge in [-0.2, -0.15) is 0 Å². The first-order chi connectivity index (χ1) is 7.04. The SMILES string of the molecule is C[C@@H](c1ccccc1)[C@H](N)C(=O)N(C)C. The molecule has 0 saturated heterocycles. The minimum atomic E-state index is -0.470. The van der Waals surface area contributed by atoms with Crippen LogP contribution in [0, 0.1) is 0 Å². The van der Waals surface area contributed by atoms with Crippen molar-refractivity contribution in [3.63, 3.8) is 0 Å². The number of carbonyl (C=O) groups is 1. The summed E-state index contributed by atoms with van der Waals surface area (Å²) in [7, 11) is 3.44. The molecule has 0 heterocycles. The van der Waals surface area contributed by atoms with Crippen LogP contribution in [-0.2, 0) is 4.79 Å². The molecule has 2 N–H and O–H groups in total. The average Bonchev–Trinajstić information content (AvgIpc) is 2.27. The zero-order chi connectivity index (χ0) is 11.4. The maximum absolute atomic E-state index is 11.7. The molecule has 15 heavy (non-hydrogen) atoms. The van der Waals surface area contributed by atoms with Gasteiger partial charge in [-0.25, -0.2) is 0 Å². The van der Waals surface area contributed by atoms with E-state index in [1.807, 2.05) is 37.3 Å². The number of rotatable bonds is 3. The molecule has 0 radical (unpaired) electrons. The first-order valence-electron chi connectivity index (χ1n) is 5.05. The van der Waals surface area contributed by atoms with E-state index in [1.54, 1.807) is 14.1 Å². The predicted molar refractivity (Wildman–Crippen MR) is 61.5 cm³/mol. The second-order valence-corrected chi connectivity index (χ2v) is 3.96. The number of carbonyl (C=O) groups excluding carboxylic acids is 1. The zero-order valence-electron chi connectivity index (χ0n) is 9.47. The Labute approximate surface area is 90.9 Å². The summed E-state index contributed by atoms with van der Waals surface area (Å²) in [5.41, 5.74) is 7.00. The van der Waals surface area contributed by atoms with E-state index in [1.165, 1.54) is 4.90 Å². The van der Waals surface area contributed by atoms with E-state index >= 15 is 0 Å². The van der Waals surface area contributed by atoms with Crippen molar-refractivity contribution in [2.75, 3.05) is 14.1 Å². The third-order valence-electron chi connectivity index (χ3n) is 2.59. The average molecular weight is 206 g/mol. The van der Waals surface area contributed by atoms with Gasteiger partial charge in [0.2, 0.25) is 5.91 Å². The monoisotopic (exact) mass is 206 g/mol. The topological polar surface area (TPSA) is 46.3 Å². The third kappa shape index (κ3) is 2.80. The molecule has 0 bridgehead atoms. The highest BCUT2D eigenvalue weighted by molar-refractivity contribution is 5.82. The largest absolute Gasteiger partial charge is 0.347 e. The van der Waals surface area contributed by atoms with Crippen LogP contribution in [0.5, 0.6) is 0 Å². The first kappa shape index (κ1) is 11.7. The molecule has 0 aromatic heterocycles. The normalized spacial score (nSPS) is 14.4. The van der Waals surface area contributed by atoms with Crippen LogP contribution in [0.2, 0.25) is 0 Å². The number of likely N-dealkylation sites (N-methyl/N-ethyl adjacent to an activating group) is 1. The number of nitrogens with zero attached hydrogens (tertiary/aromatic N) is 1. The lowest BCUT2D eigenvalue weighted by Gasteiger charge is -2.22. The maximum atomic E-state index is 11.7. The number of amides is 1. The number of hydrogen-bond donors (Lipinski definition) is 1. The summed E-state index contributed by atoms with van der Waals surface area (Å²) in [6.45, 7) is 1.97. The van der Waals surface area contributed by atoms with Gasteiger partial charge >= 0.3 is 0 Å². The van der Waals surface area contributed by atoms with Gasteiger partial charge in [0.05, 0.1) is 6.04 Å². The van der Waals surface area contributed by atoms with Crippen LogP contribution in [0.3, 0.4) is 0 Å². The highest BCUT2D eigenvalue weighted by Crippen LogP contribution is 2.18. The molecule has 0 saturated carbocycles. The van der Waals surface area contributed by atoms with Crippen LogP contribution in [0.4, 0.5) is 0 Å². The summed E-state index contributed by atoms with van der Waals surface area (Å²) in [5, 5.41) is 0. The number of nitrogens with two attached hydrogens (primary N) is 1. The second-order valence-electron chi connectivity index (χ2n) is 3.96. The Morgan fingerprint density at radius 2 is 1.80 bits per heavy atom. The lowest BCUT2D eigenvalue weighted by atomic mass is 9.93. The molecular formula is C12H18N2O. The summed E-state index contributed by atoms with van der Waals surface area (Å²) < 4.78 is 0. The molecule has 0 aliphatic heterocycles. The van der Waals surface area contributed by atoms with Crippen molar-refractivity contribution in [2.45, 2.75) is 18.9 Å². The van der Waals surface area contributed by atoms with Crippen molar-refractivity contribution < 1.29 is 4.79 Å². The van der Waals surface area contributed by atoms with E-state index < -0.39 is 6.04 Å². The van der Waals surface area contributed by atoms with Gasteiger partial charge in [-0.3, -0.25) is 4.79 Å². The predicted octanol–water partition coefficient (Wildman–Crippen LogP) is 1.21. The molecule has 3 heteroatoms. The highest BCUT2D eigenvalue weighted by Gasteiger charge is 2.23. The lowest BCUT2D eigenvalue weighted by molar-refractivity contribution is -0.130. The van der Waals surface area contributed by atoms with Gasteiger partial charge in [-0.05, 0) is 5.56 Å². The van der Waals surface area contributed by atoms with Gasteiger partial charge in [0.15, 0.2) is 0 Å². The van der Waals surface area contributed by atoms with Crippen LogP contribution < -0.4 is 5.73 Å². The molecule has 1 aromatic rings. The molecule has 1 rings (SSSR count). The molecule has 82 valence electrons. The zero-order valence-corrected chi connectivity index (χ0v) is 9.47. The van der Waals surface area contributed by atoms with Crippen molar-refractivity contribution in [1.29, 1.82) is 0 Å². The van der Waals surface area contributed by atoms with Crippen LogP contribution in [-0.4, -0.2) is 30.9 Å². The van der Waals surface area contributed by atoms with Crippen LogP contribution in [0.15, 0.2) is 30.3 Å². The van der Waals surface area contributed by atoms with Gasteiger partial charge < -0.3 is 10.6 Å². The van der Waals surface area contributed by atoms with Crippen LogP contribution >= 0.6 is 0 Å². The first-order valence-corrected chi connectivity index (χ1v) is 5.05. The molecule has 0 aliphatic carbocycles. The van der Waals surface area contributed by atoms with E-state index in [2.05, 4.69) is 0 Å². The van der Waals surface area contributed by atoms with E-state index in [-0.39, 0.29) is 11.8 Å². The fourth-order valence-corrected chi connectivity index (χ4v) is 1.48. The highest BCUT2D eigenvalue weighted by atomic mass is 16.2. The third-order valence-corrected chi connectivity index (χ3v) is 2.59. The van der Waals surface area contributed by atoms with E-state index in [4.69, 9.17) is 5.73 Å². The minimum Gasteiger partial charge on any atom is -0.347 e. The molecule has 0 unspecified atom stereocenters. The molecule has 2 atom stereocenters. The Morgan fingerprint density at radius 3 is 2.27 bits per heavy atom. The van der Waals surface area contributed by atoms with Crippen molar-refractivity contribution in [2.24, 2.45) is 5.73 Å². The Morgan fingerprint density at radius 1 is 1.27 bits per heavy atom. The van der Waals surface area contributed by atoms with Crippen molar-refractivity contribution >= 4 is 5.91 Å². The molecule has 1 amide bonds. The van der Waals surface area contributed by atoms with E-state index in [0.29, 0.717) is 0 Å². The fraction of sp³-hybridized carbons (Fsp3) is 0.417. The number of benzene rings is 1. The summed E-state index contributed by atoms with van der Waals surface area (Å²) in [5.74, 6) is 0.00690. The Kier molecular flexibility index (Phi) is 3.86. The smallest absolute Gasteiger partial charge is 0.239 e. The lowest BCUT2D eigenvalue weighted by Crippen LogP contribution is -2.43. The van der Waals surface area contributed by atoms with Crippen LogP contribution in [0.25, 0.3) is 0 Å². The van der Waals surface area contributed by atoms with Crippen molar-refractivity contribution in [1.82, 2.24) is 4.90 Å². The van der Waals surface area contributed by atoms with Gasteiger partial charge in [-0.1, -0.05) is 37.3 Å². The standard InChI is InChI=1S/C12H18N2O/c1-9(10-7-5-4-6-8-10)11(13)12(15)14(2)3/h4-9,11H,13H2,1-3H3/t9-,11-/m0/s1. The van der Waals surface area contributed by atoms with Gasteiger partial charge in [0.25, 0.3) is 0 Å². The van der Waals surface area contributed by atoms with Crippen LogP contribution in [0.1, 0.15) is 18.4 Å². The Balaban J connectivity index is 2.77. The van der Waals surface area contributed by atoms with E-state index in [0.717, 1.165) is 5.56 Å². The summed E-state index contributed by atoms with van der Waals surface area (Å²) in [6, 6.07) is 9.38. The van der Waals surface area contributed by atoms with Crippen molar-refractivity contribution in [3.8, 4) is 0 Å².